The van der Waals surface area contributed by atoms with E-state index in [1.165, 1.54) is 19.3 Å². The smallest absolute Gasteiger partial charge is 0.193 e. The van der Waals surface area contributed by atoms with E-state index >= 15 is 0 Å². The lowest BCUT2D eigenvalue weighted by Gasteiger charge is -2.32. The molecular formula is C21H28N4O3. The summed E-state index contributed by atoms with van der Waals surface area (Å²) in [6.45, 7) is 4.01. The molecule has 1 saturated heterocycles. The highest BCUT2D eigenvalue weighted by molar-refractivity contribution is 5.92. The Kier molecular flexibility index (Phi) is 6.01. The molecular weight excluding hydrogens is 356 g/mol. The predicted octanol–water partition coefficient (Wildman–Crippen LogP) is 3.39. The first kappa shape index (κ1) is 18.7. The molecule has 3 N–H and O–H groups in total. The lowest BCUT2D eigenvalue weighted by atomic mass is 10.1. The molecule has 7 heteroatoms. The Hall–Kier alpha value is -2.67. The second kappa shape index (κ2) is 9.01. The molecule has 0 amide bonds. The lowest BCUT2D eigenvalue weighted by Crippen LogP contribution is -2.36. The minimum Gasteiger partial charge on any atom is -0.490 e. The molecule has 1 aromatic heterocycles. The molecule has 0 saturated carbocycles. The summed E-state index contributed by atoms with van der Waals surface area (Å²) in [5.41, 5.74) is 6.99. The second-order valence-corrected chi connectivity index (χ2v) is 7.19. The molecule has 1 unspecified atom stereocenters. The van der Waals surface area contributed by atoms with Crippen molar-refractivity contribution in [2.24, 2.45) is 10.7 Å². The zero-order chi connectivity index (χ0) is 19.2. The van der Waals surface area contributed by atoms with Gasteiger partial charge in [0.1, 0.15) is 5.76 Å². The Labute approximate surface area is 165 Å². The zero-order valence-electron chi connectivity index (χ0n) is 16.1. The first-order valence-electron chi connectivity index (χ1n) is 10.0. The van der Waals surface area contributed by atoms with Crippen LogP contribution in [0.25, 0.3) is 0 Å². The summed E-state index contributed by atoms with van der Waals surface area (Å²) < 4.78 is 17.1. The number of piperidine rings is 1. The highest BCUT2D eigenvalue weighted by Gasteiger charge is 2.24. The number of hydrogen-bond acceptors (Lipinski definition) is 5. The summed E-state index contributed by atoms with van der Waals surface area (Å²) in [5, 5.41) is 3.16. The molecule has 2 aliphatic heterocycles. The lowest BCUT2D eigenvalue weighted by molar-refractivity contribution is 0.150. The van der Waals surface area contributed by atoms with Gasteiger partial charge >= 0.3 is 0 Å². The van der Waals surface area contributed by atoms with Crippen LogP contribution < -0.4 is 20.5 Å². The molecule has 0 bridgehead atoms. The number of benzene rings is 1. The number of anilines is 1. The quantitative estimate of drug-likeness (QED) is 0.607. The van der Waals surface area contributed by atoms with Gasteiger partial charge in [-0.1, -0.05) is 6.42 Å². The number of hydrogen-bond donors (Lipinski definition) is 2. The number of fused-ring (bicyclic) bond motifs is 1. The standard InChI is InChI=1S/C21H28N4O3/c22-21(24-16-7-8-19-20(14-16)28-13-5-12-27-19)23-15-17(18-6-4-11-26-18)25-9-2-1-3-10-25/h4,6-8,11,14,17H,1-3,5,9-10,12-13,15H2,(H3,22,23,24). The van der Waals surface area contributed by atoms with Crippen LogP contribution in [0.5, 0.6) is 11.5 Å². The van der Waals surface area contributed by atoms with Crippen molar-refractivity contribution >= 4 is 11.6 Å². The number of nitrogens with two attached hydrogens (primary N) is 1. The molecule has 1 atom stereocenters. The Morgan fingerprint density at radius 1 is 1.07 bits per heavy atom. The molecule has 28 heavy (non-hydrogen) atoms. The van der Waals surface area contributed by atoms with Crippen molar-refractivity contribution in [3.05, 3.63) is 42.4 Å². The van der Waals surface area contributed by atoms with Gasteiger partial charge in [-0.05, 0) is 50.2 Å². The third-order valence-corrected chi connectivity index (χ3v) is 5.16. The number of aliphatic imine (C=N–C) groups is 1. The fourth-order valence-corrected chi connectivity index (χ4v) is 3.71. The normalized spacial score (nSPS) is 19.1. The summed E-state index contributed by atoms with van der Waals surface area (Å²) in [7, 11) is 0. The van der Waals surface area contributed by atoms with Gasteiger partial charge in [-0.3, -0.25) is 9.89 Å². The number of ether oxygens (including phenoxy) is 2. The van der Waals surface area contributed by atoms with E-state index in [4.69, 9.17) is 19.6 Å². The molecule has 2 aromatic rings. The van der Waals surface area contributed by atoms with Gasteiger partial charge in [0.05, 0.1) is 32.1 Å². The van der Waals surface area contributed by atoms with E-state index < -0.39 is 0 Å². The third kappa shape index (κ3) is 4.59. The van der Waals surface area contributed by atoms with Crippen molar-refractivity contribution in [1.29, 1.82) is 0 Å². The molecule has 0 aliphatic carbocycles. The van der Waals surface area contributed by atoms with Crippen molar-refractivity contribution in [1.82, 2.24) is 4.90 Å². The van der Waals surface area contributed by atoms with Gasteiger partial charge in [0.2, 0.25) is 0 Å². The number of guanidine groups is 1. The van der Waals surface area contributed by atoms with E-state index in [0.717, 1.165) is 42.5 Å². The topological polar surface area (TPSA) is 85.2 Å². The van der Waals surface area contributed by atoms with Gasteiger partial charge in [0.25, 0.3) is 0 Å². The first-order chi connectivity index (χ1) is 13.8. The predicted molar refractivity (Wildman–Crippen MR) is 109 cm³/mol. The molecule has 1 aromatic carbocycles. The van der Waals surface area contributed by atoms with Crippen LogP contribution in [0.3, 0.4) is 0 Å². The van der Waals surface area contributed by atoms with E-state index in [2.05, 4.69) is 15.2 Å². The van der Waals surface area contributed by atoms with Gasteiger partial charge in [0, 0.05) is 18.2 Å². The maximum absolute atomic E-state index is 6.16. The van der Waals surface area contributed by atoms with Crippen LogP contribution >= 0.6 is 0 Å². The highest BCUT2D eigenvalue weighted by Crippen LogP contribution is 2.32. The highest BCUT2D eigenvalue weighted by atomic mass is 16.5. The molecule has 1 fully saturated rings. The Bertz CT molecular complexity index is 785. The number of furan rings is 1. The van der Waals surface area contributed by atoms with E-state index in [-0.39, 0.29) is 6.04 Å². The maximum atomic E-state index is 6.16. The first-order valence-corrected chi connectivity index (χ1v) is 10.0. The Morgan fingerprint density at radius 2 is 1.89 bits per heavy atom. The van der Waals surface area contributed by atoms with Gasteiger partial charge in [-0.15, -0.1) is 0 Å². The number of rotatable bonds is 5. The average Bonchev–Trinajstić information content (AvgIpc) is 3.14. The van der Waals surface area contributed by atoms with Crippen molar-refractivity contribution < 1.29 is 13.9 Å². The molecule has 2 aliphatic rings. The van der Waals surface area contributed by atoms with Gasteiger partial charge in [0.15, 0.2) is 17.5 Å². The maximum Gasteiger partial charge on any atom is 0.193 e. The number of likely N-dealkylation sites (tertiary alicyclic amines) is 1. The number of nitrogens with zero attached hydrogens (tertiary/aromatic N) is 2. The molecule has 7 nitrogen and oxygen atoms in total. The monoisotopic (exact) mass is 384 g/mol. The van der Waals surface area contributed by atoms with Crippen molar-refractivity contribution in [2.45, 2.75) is 31.7 Å². The Balaban J connectivity index is 1.43. The third-order valence-electron chi connectivity index (χ3n) is 5.16. The van der Waals surface area contributed by atoms with Crippen LogP contribution in [0.4, 0.5) is 5.69 Å². The average molecular weight is 384 g/mol. The Morgan fingerprint density at radius 3 is 2.68 bits per heavy atom. The number of nitrogens with one attached hydrogen (secondary N) is 1. The van der Waals surface area contributed by atoms with Crippen LogP contribution in [-0.2, 0) is 0 Å². The van der Waals surface area contributed by atoms with E-state index in [0.29, 0.717) is 25.7 Å². The van der Waals surface area contributed by atoms with Gasteiger partial charge in [-0.25, -0.2) is 0 Å². The summed E-state index contributed by atoms with van der Waals surface area (Å²) in [5.74, 6) is 2.82. The second-order valence-electron chi connectivity index (χ2n) is 7.19. The van der Waals surface area contributed by atoms with Crippen molar-refractivity contribution in [2.75, 3.05) is 38.2 Å². The molecule has 150 valence electrons. The van der Waals surface area contributed by atoms with Crippen molar-refractivity contribution in [3.63, 3.8) is 0 Å². The van der Waals surface area contributed by atoms with Gasteiger partial charge in [-0.2, -0.15) is 0 Å². The summed E-state index contributed by atoms with van der Waals surface area (Å²) >= 11 is 0. The molecule has 3 heterocycles. The summed E-state index contributed by atoms with van der Waals surface area (Å²) in [6, 6.07) is 9.77. The fourth-order valence-electron chi connectivity index (χ4n) is 3.71. The zero-order valence-corrected chi connectivity index (χ0v) is 16.1. The molecule has 0 spiro atoms. The minimum atomic E-state index is 0.111. The van der Waals surface area contributed by atoms with Crippen LogP contribution in [0, 0.1) is 0 Å². The fraction of sp³-hybridized carbons (Fsp3) is 0.476. The van der Waals surface area contributed by atoms with E-state index in [1.807, 2.05) is 30.3 Å². The minimum absolute atomic E-state index is 0.111. The van der Waals surface area contributed by atoms with E-state index in [9.17, 15) is 0 Å². The van der Waals surface area contributed by atoms with Crippen LogP contribution in [0.2, 0.25) is 0 Å². The largest absolute Gasteiger partial charge is 0.490 e. The summed E-state index contributed by atoms with van der Waals surface area (Å²) in [6.07, 6.45) is 6.32. The van der Waals surface area contributed by atoms with Crippen LogP contribution in [0.1, 0.15) is 37.5 Å². The van der Waals surface area contributed by atoms with E-state index in [1.54, 1.807) is 6.26 Å². The van der Waals surface area contributed by atoms with Crippen LogP contribution in [-0.4, -0.2) is 43.7 Å². The SMILES string of the molecule is NC(=NCC(c1ccco1)N1CCCCC1)Nc1ccc2c(c1)OCCCO2. The van der Waals surface area contributed by atoms with Crippen molar-refractivity contribution in [3.8, 4) is 11.5 Å². The summed E-state index contributed by atoms with van der Waals surface area (Å²) in [4.78, 5) is 7.03. The molecule has 0 radical (unpaired) electrons. The molecule has 4 rings (SSSR count). The van der Waals surface area contributed by atoms with Gasteiger partial charge < -0.3 is 24.9 Å². The van der Waals surface area contributed by atoms with Crippen LogP contribution in [0.15, 0.2) is 46.0 Å².